The number of amides is 2. The van der Waals surface area contributed by atoms with Gasteiger partial charge in [0.05, 0.1) is 5.69 Å². The zero-order valence-corrected chi connectivity index (χ0v) is 13.3. The fourth-order valence-corrected chi connectivity index (χ4v) is 2.67. The lowest BCUT2D eigenvalue weighted by atomic mass is 10.2. The summed E-state index contributed by atoms with van der Waals surface area (Å²) in [6.07, 6.45) is -4.47. The molecule has 5 nitrogen and oxygen atoms in total. The molecule has 0 spiro atoms. The van der Waals surface area contributed by atoms with Gasteiger partial charge in [0.15, 0.2) is 0 Å². The van der Waals surface area contributed by atoms with Crippen LogP contribution < -0.4 is 10.2 Å². The summed E-state index contributed by atoms with van der Waals surface area (Å²) in [6.45, 7) is 0.181. The molecule has 1 aromatic heterocycles. The second-order valence-electron chi connectivity index (χ2n) is 5.66. The third-order valence-corrected chi connectivity index (χ3v) is 3.93. The largest absolute Gasteiger partial charge is 0.433 e. The van der Waals surface area contributed by atoms with E-state index < -0.39 is 41.2 Å². The molecular formula is C17H13F4N3O2. The van der Waals surface area contributed by atoms with Gasteiger partial charge in [-0.2, -0.15) is 13.2 Å². The van der Waals surface area contributed by atoms with Gasteiger partial charge in [-0.3, -0.25) is 9.59 Å². The van der Waals surface area contributed by atoms with Gasteiger partial charge < -0.3 is 10.2 Å². The highest BCUT2D eigenvalue weighted by atomic mass is 19.4. The molecule has 1 fully saturated rings. The number of hydrogen-bond acceptors (Lipinski definition) is 3. The Morgan fingerprint density at radius 3 is 2.58 bits per heavy atom. The monoisotopic (exact) mass is 367 g/mol. The maximum Gasteiger partial charge on any atom is 0.433 e. The first-order valence-electron chi connectivity index (χ1n) is 7.68. The molecule has 0 bridgehead atoms. The van der Waals surface area contributed by atoms with Crippen LogP contribution in [0.5, 0.6) is 0 Å². The van der Waals surface area contributed by atoms with Crippen LogP contribution in [0.25, 0.3) is 0 Å². The fourth-order valence-electron chi connectivity index (χ4n) is 2.67. The number of anilines is 1. The fraction of sp³-hybridized carbons (Fsp3) is 0.235. The van der Waals surface area contributed by atoms with Crippen molar-refractivity contribution in [2.75, 3.05) is 11.4 Å². The summed E-state index contributed by atoms with van der Waals surface area (Å²) in [5, 5.41) is 2.36. The Labute approximate surface area is 145 Å². The van der Waals surface area contributed by atoms with E-state index in [1.54, 1.807) is 6.07 Å². The SMILES string of the molecule is O=C(NC1CCN(c2ccccc2F)C1=O)c1cccc(C(F)(F)F)n1. The lowest BCUT2D eigenvalue weighted by Crippen LogP contribution is -2.42. The van der Waals surface area contributed by atoms with Crippen LogP contribution in [0, 0.1) is 5.82 Å². The maximum absolute atomic E-state index is 13.8. The number of pyridine rings is 1. The summed E-state index contributed by atoms with van der Waals surface area (Å²) in [6, 6.07) is 7.68. The summed E-state index contributed by atoms with van der Waals surface area (Å²) < 4.78 is 51.9. The minimum absolute atomic E-state index is 0.0893. The molecule has 0 aliphatic carbocycles. The summed E-state index contributed by atoms with van der Waals surface area (Å²) in [5.74, 6) is -2.01. The summed E-state index contributed by atoms with van der Waals surface area (Å²) >= 11 is 0. The smallest absolute Gasteiger partial charge is 0.339 e. The van der Waals surface area contributed by atoms with Gasteiger partial charge >= 0.3 is 6.18 Å². The number of benzene rings is 1. The molecule has 1 atom stereocenters. The Morgan fingerprint density at radius 2 is 1.88 bits per heavy atom. The van der Waals surface area contributed by atoms with Crippen molar-refractivity contribution in [3.8, 4) is 0 Å². The van der Waals surface area contributed by atoms with E-state index in [0.29, 0.717) is 0 Å². The Balaban J connectivity index is 1.73. The molecule has 2 amide bonds. The van der Waals surface area contributed by atoms with Gasteiger partial charge in [-0.15, -0.1) is 0 Å². The molecule has 0 saturated carbocycles. The topological polar surface area (TPSA) is 62.3 Å². The first-order chi connectivity index (χ1) is 12.3. The molecule has 1 aliphatic rings. The van der Waals surface area contributed by atoms with Crippen molar-refractivity contribution in [1.82, 2.24) is 10.3 Å². The number of nitrogens with zero attached hydrogens (tertiary/aromatic N) is 2. The Morgan fingerprint density at radius 1 is 1.15 bits per heavy atom. The van der Waals surface area contributed by atoms with Crippen molar-refractivity contribution in [3.63, 3.8) is 0 Å². The van der Waals surface area contributed by atoms with Crippen LogP contribution >= 0.6 is 0 Å². The van der Waals surface area contributed by atoms with Crippen molar-refractivity contribution in [2.45, 2.75) is 18.6 Å². The second-order valence-corrected chi connectivity index (χ2v) is 5.66. The van der Waals surface area contributed by atoms with Gasteiger partial charge in [0.2, 0.25) is 5.91 Å². The van der Waals surface area contributed by atoms with E-state index in [2.05, 4.69) is 10.3 Å². The molecule has 136 valence electrons. The minimum atomic E-state index is -4.68. The second kappa shape index (κ2) is 6.74. The first kappa shape index (κ1) is 17.8. The molecule has 1 aliphatic heterocycles. The van der Waals surface area contributed by atoms with Gasteiger partial charge in [0, 0.05) is 6.54 Å². The minimum Gasteiger partial charge on any atom is -0.339 e. The average molecular weight is 367 g/mol. The molecule has 1 N–H and O–H groups in total. The highest BCUT2D eigenvalue weighted by molar-refractivity contribution is 6.03. The van der Waals surface area contributed by atoms with Crippen molar-refractivity contribution in [1.29, 1.82) is 0 Å². The Kier molecular flexibility index (Phi) is 4.62. The third-order valence-electron chi connectivity index (χ3n) is 3.93. The van der Waals surface area contributed by atoms with E-state index in [1.165, 1.54) is 23.1 Å². The van der Waals surface area contributed by atoms with E-state index >= 15 is 0 Å². The number of rotatable bonds is 3. The zero-order valence-electron chi connectivity index (χ0n) is 13.3. The lowest BCUT2D eigenvalue weighted by Gasteiger charge is -2.17. The van der Waals surface area contributed by atoms with E-state index in [1.807, 2.05) is 0 Å². The highest BCUT2D eigenvalue weighted by Gasteiger charge is 2.36. The van der Waals surface area contributed by atoms with E-state index in [-0.39, 0.29) is 18.7 Å². The predicted octanol–water partition coefficient (Wildman–Crippen LogP) is 2.77. The van der Waals surface area contributed by atoms with E-state index in [4.69, 9.17) is 0 Å². The average Bonchev–Trinajstić information content (AvgIpc) is 2.95. The predicted molar refractivity (Wildman–Crippen MR) is 83.9 cm³/mol. The van der Waals surface area contributed by atoms with Crippen LogP contribution in [0.4, 0.5) is 23.2 Å². The number of hydrogen-bond donors (Lipinski definition) is 1. The van der Waals surface area contributed by atoms with Crippen LogP contribution in [0.1, 0.15) is 22.6 Å². The molecule has 9 heteroatoms. The van der Waals surface area contributed by atoms with Crippen molar-refractivity contribution < 1.29 is 27.2 Å². The quantitative estimate of drug-likeness (QED) is 0.849. The molecule has 2 heterocycles. The molecule has 3 rings (SSSR count). The number of nitrogens with one attached hydrogen (secondary N) is 1. The van der Waals surface area contributed by atoms with Crippen LogP contribution in [-0.2, 0) is 11.0 Å². The number of alkyl halides is 3. The van der Waals surface area contributed by atoms with Gasteiger partial charge in [-0.25, -0.2) is 9.37 Å². The molecule has 26 heavy (non-hydrogen) atoms. The van der Waals surface area contributed by atoms with E-state index in [0.717, 1.165) is 18.2 Å². The molecular weight excluding hydrogens is 354 g/mol. The number of halogens is 4. The van der Waals surface area contributed by atoms with Gasteiger partial charge in [0.25, 0.3) is 5.91 Å². The summed E-state index contributed by atoms with van der Waals surface area (Å²) in [7, 11) is 0. The summed E-state index contributed by atoms with van der Waals surface area (Å²) in [5.41, 5.74) is -1.56. The zero-order chi connectivity index (χ0) is 18.9. The Bertz CT molecular complexity index is 854. The molecule has 1 aromatic carbocycles. The maximum atomic E-state index is 13.8. The lowest BCUT2D eigenvalue weighted by molar-refractivity contribution is -0.141. The number of carbonyl (C=O) groups is 2. The van der Waals surface area contributed by atoms with Crippen molar-refractivity contribution >= 4 is 17.5 Å². The van der Waals surface area contributed by atoms with Gasteiger partial charge in [-0.05, 0) is 30.7 Å². The molecule has 2 aromatic rings. The normalized spacial score (nSPS) is 17.5. The van der Waals surface area contributed by atoms with Crippen molar-refractivity contribution in [3.05, 3.63) is 59.7 Å². The highest BCUT2D eigenvalue weighted by Crippen LogP contribution is 2.28. The van der Waals surface area contributed by atoms with Gasteiger partial charge in [-0.1, -0.05) is 18.2 Å². The van der Waals surface area contributed by atoms with E-state index in [9.17, 15) is 27.2 Å². The number of carbonyl (C=O) groups excluding carboxylic acids is 2. The summed E-state index contributed by atoms with van der Waals surface area (Å²) in [4.78, 5) is 29.0. The molecule has 1 unspecified atom stereocenters. The third kappa shape index (κ3) is 3.51. The number of aromatic nitrogens is 1. The number of para-hydroxylation sites is 1. The van der Waals surface area contributed by atoms with Crippen LogP contribution in [-0.4, -0.2) is 29.4 Å². The Hall–Kier alpha value is -2.97. The standard InChI is InChI=1S/C17H13F4N3O2/c18-10-4-1-2-6-13(10)24-9-8-12(16(24)26)23-15(25)11-5-3-7-14(22-11)17(19,20)21/h1-7,12H,8-9H2,(H,23,25). The molecule has 0 radical (unpaired) electrons. The van der Waals surface area contributed by atoms with Gasteiger partial charge in [0.1, 0.15) is 23.2 Å². The van der Waals surface area contributed by atoms with Crippen LogP contribution in [0.3, 0.4) is 0 Å². The van der Waals surface area contributed by atoms with Crippen molar-refractivity contribution in [2.24, 2.45) is 0 Å². The van der Waals surface area contributed by atoms with Crippen LogP contribution in [0.2, 0.25) is 0 Å². The van der Waals surface area contributed by atoms with Crippen LogP contribution in [0.15, 0.2) is 42.5 Å². The molecule has 1 saturated heterocycles. The first-order valence-corrected chi connectivity index (χ1v) is 7.68.